The van der Waals surface area contributed by atoms with Gasteiger partial charge in [-0.3, -0.25) is 4.79 Å². The van der Waals surface area contributed by atoms with E-state index in [9.17, 15) is 14.7 Å². The molecule has 5 heteroatoms. The van der Waals surface area contributed by atoms with E-state index >= 15 is 0 Å². The largest absolute Gasteiger partial charge is 0.461 e. The lowest BCUT2D eigenvalue weighted by Crippen LogP contribution is -2.58. The van der Waals surface area contributed by atoms with Gasteiger partial charge in [0.1, 0.15) is 12.2 Å². The minimum atomic E-state index is -0.553. The molecule has 0 aromatic carbocycles. The van der Waals surface area contributed by atoms with Crippen LogP contribution in [0, 0.1) is 17.3 Å². The Balaban J connectivity index is 2.06. The van der Waals surface area contributed by atoms with Crippen molar-refractivity contribution < 1.29 is 24.2 Å². The van der Waals surface area contributed by atoms with Gasteiger partial charge in [-0.15, -0.1) is 0 Å². The first-order valence-corrected chi connectivity index (χ1v) is 7.68. The second kappa shape index (κ2) is 4.95. The Morgan fingerprint density at radius 3 is 2.77 bits per heavy atom. The van der Waals surface area contributed by atoms with Crippen molar-refractivity contribution in [3.63, 3.8) is 0 Å². The van der Waals surface area contributed by atoms with E-state index in [-0.39, 0.29) is 11.8 Å². The van der Waals surface area contributed by atoms with Gasteiger partial charge in [0, 0.05) is 23.8 Å². The van der Waals surface area contributed by atoms with Gasteiger partial charge in [-0.1, -0.05) is 25.7 Å². The van der Waals surface area contributed by atoms with Gasteiger partial charge in [-0.05, 0) is 19.3 Å². The molecule has 0 amide bonds. The second-order valence-electron chi connectivity index (χ2n) is 6.97. The summed E-state index contributed by atoms with van der Waals surface area (Å²) in [5, 5.41) is 10.5. The molecule has 0 unspecified atom stereocenters. The van der Waals surface area contributed by atoms with Gasteiger partial charge in [0.25, 0.3) is 0 Å². The smallest absolute Gasteiger partial charge is 0.334 e. The minimum Gasteiger partial charge on any atom is -0.461 e. The van der Waals surface area contributed by atoms with Crippen molar-refractivity contribution in [1.29, 1.82) is 0 Å². The Morgan fingerprint density at radius 1 is 1.45 bits per heavy atom. The van der Waals surface area contributed by atoms with Crippen molar-refractivity contribution in [2.75, 3.05) is 0 Å². The van der Waals surface area contributed by atoms with E-state index in [2.05, 4.69) is 13.2 Å². The number of hydrogen-bond donors (Lipinski definition) is 1. The number of aliphatic hydroxyl groups excluding tert-OH is 1. The molecule has 1 heterocycles. The molecule has 0 bridgehead atoms. The van der Waals surface area contributed by atoms with Crippen LogP contribution in [0.1, 0.15) is 33.1 Å². The van der Waals surface area contributed by atoms with Crippen LogP contribution in [0.2, 0.25) is 0 Å². The Kier molecular flexibility index (Phi) is 3.44. The maximum atomic E-state index is 11.9. The van der Waals surface area contributed by atoms with Crippen LogP contribution in [0.3, 0.4) is 0 Å². The molecule has 0 radical (unpaired) electrons. The third-order valence-corrected chi connectivity index (χ3v) is 5.60. The summed E-state index contributed by atoms with van der Waals surface area (Å²) in [7, 11) is 0. The van der Waals surface area contributed by atoms with Gasteiger partial charge in [0.05, 0.1) is 12.0 Å². The van der Waals surface area contributed by atoms with E-state index in [4.69, 9.17) is 9.47 Å². The van der Waals surface area contributed by atoms with Gasteiger partial charge < -0.3 is 14.6 Å². The van der Waals surface area contributed by atoms with Crippen LogP contribution < -0.4 is 0 Å². The molecular formula is C17H22O5. The van der Waals surface area contributed by atoms with Crippen LogP contribution in [0.15, 0.2) is 24.3 Å². The van der Waals surface area contributed by atoms with E-state index in [1.54, 1.807) is 0 Å². The summed E-state index contributed by atoms with van der Waals surface area (Å²) in [5.74, 6) is -1.38. The Hall–Kier alpha value is -1.62. The van der Waals surface area contributed by atoms with Gasteiger partial charge in [0.15, 0.2) is 0 Å². The maximum Gasteiger partial charge on any atom is 0.334 e. The number of ether oxygens (including phenoxy) is 2. The van der Waals surface area contributed by atoms with Gasteiger partial charge >= 0.3 is 11.9 Å². The number of hydrogen-bond acceptors (Lipinski definition) is 5. The normalized spacial score (nSPS) is 44.1. The molecule has 2 aliphatic carbocycles. The molecule has 3 fully saturated rings. The first kappa shape index (κ1) is 15.3. The molecule has 1 aliphatic heterocycles. The van der Waals surface area contributed by atoms with E-state index < -0.39 is 35.7 Å². The monoisotopic (exact) mass is 306 g/mol. The van der Waals surface area contributed by atoms with Gasteiger partial charge in [-0.25, -0.2) is 4.79 Å². The predicted octanol–water partition coefficient (Wildman–Crippen LogP) is 1.75. The van der Waals surface area contributed by atoms with Gasteiger partial charge in [0.2, 0.25) is 0 Å². The molecule has 6 atom stereocenters. The summed E-state index contributed by atoms with van der Waals surface area (Å²) in [4.78, 5) is 23.5. The van der Waals surface area contributed by atoms with Crippen LogP contribution in [0.5, 0.6) is 0 Å². The van der Waals surface area contributed by atoms with Crippen LogP contribution in [-0.4, -0.2) is 35.4 Å². The van der Waals surface area contributed by atoms with Crippen molar-refractivity contribution in [1.82, 2.24) is 0 Å². The summed E-state index contributed by atoms with van der Waals surface area (Å²) in [6.45, 7) is 11.3. The number of fused-ring (bicyclic) bond motifs is 2. The predicted molar refractivity (Wildman–Crippen MR) is 78.7 cm³/mol. The lowest BCUT2D eigenvalue weighted by molar-refractivity contribution is -0.178. The standard InChI is InChI=1S/C17H22O5/c1-8-5-6-12(19)17(4)7-11-13(9(2)16(20)22-11)15(14(8)17)21-10(3)18/h11-15,19H,1-2,5-7H2,3-4H3/t11-,12+,13+,14+,15-,17-/m0/s1. The number of carbonyl (C=O) groups excluding carboxylic acids is 2. The molecule has 0 aromatic rings. The summed E-state index contributed by atoms with van der Waals surface area (Å²) in [6.07, 6.45) is 0.372. The summed E-state index contributed by atoms with van der Waals surface area (Å²) < 4.78 is 11.0. The minimum absolute atomic E-state index is 0.187. The quantitative estimate of drug-likeness (QED) is 0.454. The number of aliphatic hydroxyl groups is 1. The Labute approximate surface area is 130 Å². The molecule has 3 rings (SSSR count). The molecule has 1 saturated heterocycles. The third-order valence-electron chi connectivity index (χ3n) is 5.60. The van der Waals surface area contributed by atoms with E-state index in [1.165, 1.54) is 6.92 Å². The first-order valence-electron chi connectivity index (χ1n) is 7.68. The lowest BCUT2D eigenvalue weighted by atomic mass is 9.53. The highest BCUT2D eigenvalue weighted by Gasteiger charge is 2.61. The van der Waals surface area contributed by atoms with Crippen molar-refractivity contribution in [3.05, 3.63) is 24.3 Å². The van der Waals surface area contributed by atoms with E-state index in [1.807, 2.05) is 6.92 Å². The number of rotatable bonds is 1. The molecule has 22 heavy (non-hydrogen) atoms. The maximum absolute atomic E-state index is 11.9. The van der Waals surface area contributed by atoms with Crippen molar-refractivity contribution in [2.45, 2.75) is 51.4 Å². The van der Waals surface area contributed by atoms with Crippen molar-refractivity contribution in [3.8, 4) is 0 Å². The SMILES string of the molecule is C=C1C(=O)O[C@H]2C[C@@]3(C)[C@H](O)CCC(=C)[C@@H]3[C@@H](OC(C)=O)[C@H]12. The first-order chi connectivity index (χ1) is 10.3. The Bertz CT molecular complexity index is 565. The molecule has 1 N–H and O–H groups in total. The average Bonchev–Trinajstić information content (AvgIpc) is 2.68. The topological polar surface area (TPSA) is 72.8 Å². The summed E-state index contributed by atoms with van der Waals surface area (Å²) in [5.41, 5.74) is 0.803. The van der Waals surface area contributed by atoms with Crippen LogP contribution in [-0.2, 0) is 19.1 Å². The molecule has 2 saturated carbocycles. The zero-order valence-corrected chi connectivity index (χ0v) is 13.0. The van der Waals surface area contributed by atoms with Crippen LogP contribution in [0.25, 0.3) is 0 Å². The highest BCUT2D eigenvalue weighted by molar-refractivity contribution is 5.91. The highest BCUT2D eigenvalue weighted by Crippen LogP contribution is 2.57. The molecule has 0 aromatic heterocycles. The fourth-order valence-corrected chi connectivity index (χ4v) is 4.55. The lowest BCUT2D eigenvalue weighted by Gasteiger charge is -2.54. The molecular weight excluding hydrogens is 284 g/mol. The van der Waals surface area contributed by atoms with Gasteiger partial charge in [-0.2, -0.15) is 0 Å². The summed E-state index contributed by atoms with van der Waals surface area (Å²) in [6, 6.07) is 0. The fourth-order valence-electron chi connectivity index (χ4n) is 4.55. The van der Waals surface area contributed by atoms with Crippen LogP contribution in [0.4, 0.5) is 0 Å². The zero-order valence-electron chi connectivity index (χ0n) is 13.0. The average molecular weight is 306 g/mol. The number of carbonyl (C=O) groups is 2. The van der Waals surface area contributed by atoms with E-state index in [0.29, 0.717) is 24.8 Å². The fraction of sp³-hybridized carbons (Fsp3) is 0.647. The molecule has 120 valence electrons. The molecule has 3 aliphatic rings. The van der Waals surface area contributed by atoms with Crippen molar-refractivity contribution in [2.24, 2.45) is 17.3 Å². The second-order valence-corrected chi connectivity index (χ2v) is 6.97. The van der Waals surface area contributed by atoms with Crippen molar-refractivity contribution >= 4 is 11.9 Å². The zero-order chi connectivity index (χ0) is 16.2. The summed E-state index contributed by atoms with van der Waals surface area (Å²) >= 11 is 0. The molecule has 0 spiro atoms. The molecule has 5 nitrogen and oxygen atoms in total. The number of esters is 2. The van der Waals surface area contributed by atoms with Crippen LogP contribution >= 0.6 is 0 Å². The van der Waals surface area contributed by atoms with E-state index in [0.717, 1.165) is 5.57 Å². The highest BCUT2D eigenvalue weighted by atomic mass is 16.6. The third kappa shape index (κ3) is 2.02. The Morgan fingerprint density at radius 2 is 2.14 bits per heavy atom.